The molecule has 2 aromatic heterocycles. The minimum absolute atomic E-state index is 0.877. The average molecular weight is 1190 g/mol. The van der Waals surface area contributed by atoms with Crippen molar-refractivity contribution in [2.24, 2.45) is 0 Å². The molecule has 2 heteroatoms. The van der Waals surface area contributed by atoms with E-state index in [1.807, 2.05) is 0 Å². The predicted octanol–water partition coefficient (Wildman–Crippen LogP) is 26.4. The fourth-order valence-electron chi connectivity index (χ4n) is 15.9. The van der Waals surface area contributed by atoms with E-state index in [9.17, 15) is 0 Å². The zero-order valence-corrected chi connectivity index (χ0v) is 51.0. The van der Waals surface area contributed by atoms with E-state index in [0.717, 1.165) is 60.4 Å². The SMILES string of the molecule is c1cc(-c2ccc3ccccc3c2)cc(-c2c3ccccc3c(-c3cccc4c3oc3cc5ccc(-c6cccc7cc(-c8ccccc8-c8c9ccccc9c(-c9cccc%10c9oc9cc%11ccccc%11cc9%10)c9ccccc89)ccc67)cc5cc34)c3ccccc23)c1. The Balaban J connectivity index is 0.677. The van der Waals surface area contributed by atoms with Gasteiger partial charge >= 0.3 is 0 Å². The van der Waals surface area contributed by atoms with Crippen LogP contribution in [0.2, 0.25) is 0 Å². The third kappa shape index (κ3) is 8.03. The monoisotopic (exact) mass is 1190 g/mol. The van der Waals surface area contributed by atoms with Crippen molar-refractivity contribution in [3.8, 4) is 77.9 Å². The Morgan fingerprint density at radius 1 is 0.149 bits per heavy atom. The van der Waals surface area contributed by atoms with Crippen LogP contribution in [-0.4, -0.2) is 0 Å². The molecule has 434 valence electrons. The number of hydrogen-bond acceptors (Lipinski definition) is 2. The van der Waals surface area contributed by atoms with Crippen molar-refractivity contribution in [1.29, 1.82) is 0 Å². The molecule has 94 heavy (non-hydrogen) atoms. The van der Waals surface area contributed by atoms with E-state index in [1.165, 1.54) is 148 Å². The molecule has 18 aromatic carbocycles. The maximum atomic E-state index is 7.11. The second kappa shape index (κ2) is 20.6. The van der Waals surface area contributed by atoms with E-state index in [-0.39, 0.29) is 0 Å². The number of benzene rings is 18. The van der Waals surface area contributed by atoms with Crippen LogP contribution >= 0.6 is 0 Å². The molecule has 2 heterocycles. The molecule has 0 amide bonds. The molecule has 20 rings (SSSR count). The van der Waals surface area contributed by atoms with Crippen molar-refractivity contribution in [3.05, 3.63) is 328 Å². The van der Waals surface area contributed by atoms with Gasteiger partial charge in [0.1, 0.15) is 22.3 Å². The van der Waals surface area contributed by atoms with Gasteiger partial charge in [-0.2, -0.15) is 0 Å². The highest BCUT2D eigenvalue weighted by atomic mass is 16.3. The van der Waals surface area contributed by atoms with Crippen LogP contribution in [0.3, 0.4) is 0 Å². The largest absolute Gasteiger partial charge is 0.455 e. The Labute approximate surface area is 541 Å². The smallest absolute Gasteiger partial charge is 0.143 e. The lowest BCUT2D eigenvalue weighted by Crippen LogP contribution is -1.93. The Hall–Kier alpha value is -12.4. The van der Waals surface area contributed by atoms with Gasteiger partial charge in [0.25, 0.3) is 0 Å². The molecule has 2 nitrogen and oxygen atoms in total. The molecule has 0 atom stereocenters. The van der Waals surface area contributed by atoms with Gasteiger partial charge in [0.2, 0.25) is 0 Å². The summed E-state index contributed by atoms with van der Waals surface area (Å²) in [7, 11) is 0. The maximum Gasteiger partial charge on any atom is 0.143 e. The molecular weight excluding hydrogens is 1140 g/mol. The van der Waals surface area contributed by atoms with Crippen molar-refractivity contribution < 1.29 is 8.83 Å². The van der Waals surface area contributed by atoms with Crippen LogP contribution in [0.1, 0.15) is 0 Å². The van der Waals surface area contributed by atoms with Gasteiger partial charge in [0, 0.05) is 43.8 Å². The first-order valence-electron chi connectivity index (χ1n) is 32.4. The lowest BCUT2D eigenvalue weighted by Gasteiger charge is -2.20. The molecule has 0 bridgehead atoms. The zero-order chi connectivity index (χ0) is 61.5. The molecule has 0 saturated heterocycles. The highest BCUT2D eigenvalue weighted by Gasteiger charge is 2.25. The summed E-state index contributed by atoms with van der Waals surface area (Å²) in [6.45, 7) is 0. The molecule has 0 aliphatic heterocycles. The summed E-state index contributed by atoms with van der Waals surface area (Å²) >= 11 is 0. The van der Waals surface area contributed by atoms with E-state index in [0.29, 0.717) is 0 Å². The van der Waals surface area contributed by atoms with Gasteiger partial charge in [0.15, 0.2) is 0 Å². The van der Waals surface area contributed by atoms with Gasteiger partial charge < -0.3 is 8.83 Å². The quantitative estimate of drug-likeness (QED) is 0.149. The van der Waals surface area contributed by atoms with Crippen LogP contribution in [0.4, 0.5) is 0 Å². The molecule has 0 aliphatic carbocycles. The molecule has 0 spiro atoms. The fourth-order valence-corrected chi connectivity index (χ4v) is 15.9. The molecule has 20 aromatic rings. The van der Waals surface area contributed by atoms with E-state index in [1.54, 1.807) is 0 Å². The van der Waals surface area contributed by atoms with Gasteiger partial charge in [-0.1, -0.05) is 279 Å². The lowest BCUT2D eigenvalue weighted by molar-refractivity contribution is 0.670. The van der Waals surface area contributed by atoms with E-state index in [2.05, 4.69) is 328 Å². The Kier molecular flexibility index (Phi) is 11.5. The van der Waals surface area contributed by atoms with Crippen LogP contribution in [0.15, 0.2) is 336 Å². The minimum atomic E-state index is 0.877. The molecule has 0 unspecified atom stereocenters. The molecular formula is C92H54O2. The first kappa shape index (κ1) is 52.4. The average Bonchev–Trinajstić information content (AvgIpc) is 1.13. The standard InChI is InChI=1S/C92H54O2/c1-2-20-56-47-60(42-41-55(56)19-1)57-23-15-25-65(48-57)87-71-28-7-9-30-73(71)89(74-31-10-8-29-72(74)87)81-39-18-38-80-84-52-66-50-63(44-43-61(66)54-86(84)94-92(80)81)67-36-16-24-62-49-64(45-46-69(62)67)68-26-5-6-27-70(68)88-75-32-11-13-34-77(75)90(78-35-14-12-33-76(78)88)82-40-17-37-79-83-51-58-21-3-4-22-59(58)53-85(83)93-91(79)82/h1-54H. The number of furan rings is 2. The third-order valence-electron chi connectivity index (χ3n) is 20.2. The predicted molar refractivity (Wildman–Crippen MR) is 399 cm³/mol. The molecule has 0 N–H and O–H groups in total. The zero-order valence-electron chi connectivity index (χ0n) is 51.0. The molecule has 0 radical (unpaired) electrons. The summed E-state index contributed by atoms with van der Waals surface area (Å²) in [6, 6.07) is 121. The molecule has 0 fully saturated rings. The summed E-state index contributed by atoms with van der Waals surface area (Å²) in [6.07, 6.45) is 0. The fraction of sp³-hybridized carbons (Fsp3) is 0. The van der Waals surface area contributed by atoms with Gasteiger partial charge in [0.05, 0.1) is 0 Å². The number of hydrogen-bond donors (Lipinski definition) is 0. The summed E-state index contributed by atoms with van der Waals surface area (Å²) < 4.78 is 14.0. The van der Waals surface area contributed by atoms with Gasteiger partial charge in [-0.3, -0.25) is 0 Å². The maximum absolute atomic E-state index is 7.11. The van der Waals surface area contributed by atoms with Crippen LogP contribution < -0.4 is 0 Å². The van der Waals surface area contributed by atoms with Crippen LogP contribution in [0.25, 0.3) is 208 Å². The van der Waals surface area contributed by atoms with Crippen LogP contribution in [-0.2, 0) is 0 Å². The number of para-hydroxylation sites is 2. The first-order chi connectivity index (χ1) is 46.6. The second-order valence-corrected chi connectivity index (χ2v) is 25.3. The van der Waals surface area contributed by atoms with Gasteiger partial charge in [-0.05, 0) is 190 Å². The Morgan fingerprint density at radius 2 is 0.500 bits per heavy atom. The van der Waals surface area contributed by atoms with Crippen molar-refractivity contribution in [2.45, 2.75) is 0 Å². The Morgan fingerprint density at radius 3 is 1.11 bits per heavy atom. The van der Waals surface area contributed by atoms with Crippen molar-refractivity contribution >= 4 is 130 Å². The van der Waals surface area contributed by atoms with E-state index in [4.69, 9.17) is 8.83 Å². The van der Waals surface area contributed by atoms with E-state index < -0.39 is 0 Å². The highest BCUT2D eigenvalue weighted by molar-refractivity contribution is 6.27. The van der Waals surface area contributed by atoms with Crippen molar-refractivity contribution in [2.75, 3.05) is 0 Å². The highest BCUT2D eigenvalue weighted by Crippen LogP contribution is 2.51. The van der Waals surface area contributed by atoms with Crippen molar-refractivity contribution in [3.63, 3.8) is 0 Å². The third-order valence-corrected chi connectivity index (χ3v) is 20.2. The summed E-state index contributed by atoms with van der Waals surface area (Å²) in [4.78, 5) is 0. The van der Waals surface area contributed by atoms with Gasteiger partial charge in [-0.25, -0.2) is 0 Å². The second-order valence-electron chi connectivity index (χ2n) is 25.3. The van der Waals surface area contributed by atoms with Crippen LogP contribution in [0.5, 0.6) is 0 Å². The summed E-state index contributed by atoms with van der Waals surface area (Å²) in [5, 5.41) is 23.6. The normalized spacial score (nSPS) is 12.0. The molecule has 0 saturated carbocycles. The lowest BCUT2D eigenvalue weighted by atomic mass is 9.83. The van der Waals surface area contributed by atoms with Crippen molar-refractivity contribution in [1.82, 2.24) is 0 Å². The Bertz CT molecular complexity index is 6500. The summed E-state index contributed by atoms with van der Waals surface area (Å²) in [5.74, 6) is 0. The number of fused-ring (bicyclic) bond motifs is 14. The molecule has 0 aliphatic rings. The van der Waals surface area contributed by atoms with Crippen LogP contribution in [0, 0.1) is 0 Å². The topological polar surface area (TPSA) is 26.3 Å². The van der Waals surface area contributed by atoms with E-state index >= 15 is 0 Å². The van der Waals surface area contributed by atoms with Gasteiger partial charge in [-0.15, -0.1) is 0 Å². The summed E-state index contributed by atoms with van der Waals surface area (Å²) in [5.41, 5.74) is 20.1. The number of rotatable bonds is 7. The minimum Gasteiger partial charge on any atom is -0.455 e. The first-order valence-corrected chi connectivity index (χ1v) is 32.4.